The Balaban J connectivity index is 4.10. The van der Waals surface area contributed by atoms with Crippen LogP contribution >= 0.6 is 0 Å². The number of amides is 2. The third-order valence-electron chi connectivity index (χ3n) is 2.26. The van der Waals surface area contributed by atoms with Crippen LogP contribution in [0.3, 0.4) is 0 Å². The van der Waals surface area contributed by atoms with Crippen molar-refractivity contribution in [2.45, 2.75) is 45.3 Å². The minimum absolute atomic E-state index is 0.101. The fourth-order valence-corrected chi connectivity index (χ4v) is 1.39. The van der Waals surface area contributed by atoms with Gasteiger partial charge in [0, 0.05) is 6.54 Å². The highest BCUT2D eigenvalue weighted by Crippen LogP contribution is 2.07. The van der Waals surface area contributed by atoms with E-state index in [1.807, 2.05) is 0 Å². The minimum Gasteiger partial charge on any atom is -0.480 e. The van der Waals surface area contributed by atoms with Crippen LogP contribution in [0.5, 0.6) is 0 Å². The number of nitrogens with one attached hydrogen (secondary N) is 2. The molecule has 0 spiro atoms. The Labute approximate surface area is 129 Å². The molecule has 0 radical (unpaired) electrons. The van der Waals surface area contributed by atoms with Crippen LogP contribution in [0, 0.1) is 0 Å². The lowest BCUT2D eigenvalue weighted by atomic mass is 10.1. The highest BCUT2D eigenvalue weighted by Gasteiger charge is 2.23. The molecular weight excluding hydrogens is 292 g/mol. The van der Waals surface area contributed by atoms with E-state index in [0.717, 1.165) is 0 Å². The molecule has 0 rings (SSSR count). The lowest BCUT2D eigenvalue weighted by molar-refractivity contribution is -0.139. The second-order valence-corrected chi connectivity index (χ2v) is 5.49. The Hall–Kier alpha value is -2.25. The zero-order valence-electron chi connectivity index (χ0n) is 13.2. The fraction of sp³-hybridized carbons (Fsp3) is 0.643. The smallest absolute Gasteiger partial charge is 0.408 e. The monoisotopic (exact) mass is 316 g/mol. The molecule has 0 saturated carbocycles. The standard InChI is InChI=1S/C14H24N2O6/c1-5-9-21-12(19)15-8-6-7-10(11(17)18)16-13(20)22-14(2,3)4/h5,10H,1,6-9H2,2-4H3,(H,15,19)(H,16,20)(H,17,18). The molecule has 126 valence electrons. The average Bonchev–Trinajstić information content (AvgIpc) is 2.37. The molecule has 0 aliphatic rings. The molecule has 0 saturated heterocycles. The van der Waals surface area contributed by atoms with Crippen LogP contribution in [0.15, 0.2) is 12.7 Å². The van der Waals surface area contributed by atoms with Crippen LogP contribution in [0.25, 0.3) is 0 Å². The predicted octanol–water partition coefficient (Wildman–Crippen LogP) is 1.66. The van der Waals surface area contributed by atoms with Crippen molar-refractivity contribution in [3.8, 4) is 0 Å². The van der Waals surface area contributed by atoms with Crippen molar-refractivity contribution in [3.63, 3.8) is 0 Å². The van der Waals surface area contributed by atoms with E-state index in [1.165, 1.54) is 6.08 Å². The molecule has 1 unspecified atom stereocenters. The van der Waals surface area contributed by atoms with Crippen LogP contribution in [0.2, 0.25) is 0 Å². The molecule has 0 heterocycles. The quantitative estimate of drug-likeness (QED) is 0.463. The van der Waals surface area contributed by atoms with Crippen molar-refractivity contribution in [2.24, 2.45) is 0 Å². The van der Waals surface area contributed by atoms with Crippen molar-refractivity contribution < 1.29 is 29.0 Å². The first-order chi connectivity index (χ1) is 10.2. The van der Waals surface area contributed by atoms with Crippen molar-refractivity contribution in [2.75, 3.05) is 13.2 Å². The Morgan fingerprint density at radius 3 is 2.41 bits per heavy atom. The van der Waals surface area contributed by atoms with E-state index in [2.05, 4.69) is 17.2 Å². The lowest BCUT2D eigenvalue weighted by Crippen LogP contribution is -2.43. The van der Waals surface area contributed by atoms with Crippen LogP contribution in [-0.4, -0.2) is 48.1 Å². The number of rotatable bonds is 8. The van der Waals surface area contributed by atoms with E-state index in [1.54, 1.807) is 20.8 Å². The van der Waals surface area contributed by atoms with Gasteiger partial charge >= 0.3 is 18.2 Å². The predicted molar refractivity (Wildman–Crippen MR) is 79.6 cm³/mol. The molecular formula is C14H24N2O6. The number of carboxylic acid groups (broad SMARTS) is 1. The number of ether oxygens (including phenoxy) is 2. The maximum Gasteiger partial charge on any atom is 0.408 e. The summed E-state index contributed by atoms with van der Waals surface area (Å²) >= 11 is 0. The normalized spacial score (nSPS) is 12.0. The average molecular weight is 316 g/mol. The van der Waals surface area contributed by atoms with Gasteiger partial charge in [0.25, 0.3) is 0 Å². The molecule has 2 amide bonds. The van der Waals surface area contributed by atoms with Crippen molar-refractivity contribution >= 4 is 18.2 Å². The van der Waals surface area contributed by atoms with Gasteiger partial charge in [-0.05, 0) is 33.6 Å². The topological polar surface area (TPSA) is 114 Å². The molecule has 1 atom stereocenters. The number of carboxylic acids is 1. The van der Waals surface area contributed by atoms with Crippen LogP contribution in [0.1, 0.15) is 33.6 Å². The summed E-state index contributed by atoms with van der Waals surface area (Å²) in [7, 11) is 0. The fourth-order valence-electron chi connectivity index (χ4n) is 1.39. The first-order valence-electron chi connectivity index (χ1n) is 6.89. The number of aliphatic carboxylic acids is 1. The van der Waals surface area contributed by atoms with Crippen LogP contribution < -0.4 is 10.6 Å². The Bertz CT molecular complexity index is 403. The first-order valence-corrected chi connectivity index (χ1v) is 6.89. The van der Waals surface area contributed by atoms with Crippen molar-refractivity contribution in [1.82, 2.24) is 10.6 Å². The number of carbonyl (C=O) groups excluding carboxylic acids is 2. The van der Waals surface area contributed by atoms with Gasteiger partial charge in [-0.3, -0.25) is 0 Å². The maximum absolute atomic E-state index is 11.5. The summed E-state index contributed by atoms with van der Waals surface area (Å²) in [6.07, 6.45) is 0.543. The number of alkyl carbamates (subject to hydrolysis) is 2. The number of hydrogen-bond acceptors (Lipinski definition) is 5. The Morgan fingerprint density at radius 2 is 1.91 bits per heavy atom. The van der Waals surface area contributed by atoms with Gasteiger partial charge in [-0.2, -0.15) is 0 Å². The summed E-state index contributed by atoms with van der Waals surface area (Å²) < 4.78 is 9.69. The first kappa shape index (κ1) is 19.8. The number of carbonyl (C=O) groups is 3. The van der Waals surface area contributed by atoms with Gasteiger partial charge in [0.15, 0.2) is 0 Å². The van der Waals surface area contributed by atoms with Crippen molar-refractivity contribution in [3.05, 3.63) is 12.7 Å². The van der Waals surface area contributed by atoms with Gasteiger partial charge < -0.3 is 25.2 Å². The van der Waals surface area contributed by atoms with E-state index in [4.69, 9.17) is 14.6 Å². The molecule has 0 bridgehead atoms. The van der Waals surface area contributed by atoms with Crippen LogP contribution in [-0.2, 0) is 14.3 Å². The van der Waals surface area contributed by atoms with Gasteiger partial charge in [-0.1, -0.05) is 12.7 Å². The van der Waals surface area contributed by atoms with Crippen LogP contribution in [0.4, 0.5) is 9.59 Å². The third kappa shape index (κ3) is 10.5. The molecule has 0 aromatic rings. The summed E-state index contributed by atoms with van der Waals surface area (Å²) in [5.74, 6) is -1.17. The largest absolute Gasteiger partial charge is 0.480 e. The highest BCUT2D eigenvalue weighted by atomic mass is 16.6. The van der Waals surface area contributed by atoms with Gasteiger partial charge in [0.1, 0.15) is 18.2 Å². The maximum atomic E-state index is 11.5. The molecule has 0 aliphatic heterocycles. The van der Waals surface area contributed by atoms with E-state index >= 15 is 0 Å². The molecule has 0 aromatic carbocycles. The van der Waals surface area contributed by atoms with Gasteiger partial charge in [0.2, 0.25) is 0 Å². The molecule has 0 aliphatic carbocycles. The summed E-state index contributed by atoms with van der Waals surface area (Å²) in [5.41, 5.74) is -0.705. The Morgan fingerprint density at radius 1 is 1.27 bits per heavy atom. The molecule has 0 fully saturated rings. The highest BCUT2D eigenvalue weighted by molar-refractivity contribution is 5.79. The molecule has 3 N–H and O–H groups in total. The van der Waals surface area contributed by atoms with Gasteiger partial charge in [0.05, 0.1) is 0 Å². The van der Waals surface area contributed by atoms with E-state index < -0.39 is 29.8 Å². The zero-order chi connectivity index (χ0) is 17.2. The van der Waals surface area contributed by atoms with Crippen molar-refractivity contribution in [1.29, 1.82) is 0 Å². The summed E-state index contributed by atoms with van der Waals surface area (Å²) in [6.45, 7) is 8.78. The van der Waals surface area contributed by atoms with Gasteiger partial charge in [-0.25, -0.2) is 14.4 Å². The molecule has 8 heteroatoms. The molecule has 0 aromatic heterocycles. The summed E-state index contributed by atoms with van der Waals surface area (Å²) in [5, 5.41) is 13.8. The summed E-state index contributed by atoms with van der Waals surface area (Å²) in [6, 6.07) is -1.08. The number of hydrogen-bond donors (Lipinski definition) is 3. The second-order valence-electron chi connectivity index (χ2n) is 5.49. The Kier molecular flexibility index (Phi) is 8.66. The van der Waals surface area contributed by atoms with E-state index in [9.17, 15) is 14.4 Å². The SMILES string of the molecule is C=CCOC(=O)NCCCC(NC(=O)OC(C)(C)C)C(=O)O. The molecule has 8 nitrogen and oxygen atoms in total. The lowest BCUT2D eigenvalue weighted by Gasteiger charge is -2.22. The van der Waals surface area contributed by atoms with Gasteiger partial charge in [-0.15, -0.1) is 0 Å². The molecule has 22 heavy (non-hydrogen) atoms. The summed E-state index contributed by atoms with van der Waals surface area (Å²) in [4.78, 5) is 33.7. The van der Waals surface area contributed by atoms with E-state index in [-0.39, 0.29) is 19.6 Å². The third-order valence-corrected chi connectivity index (χ3v) is 2.26. The minimum atomic E-state index is -1.17. The zero-order valence-corrected chi connectivity index (χ0v) is 13.2. The second kappa shape index (κ2) is 9.64. The van der Waals surface area contributed by atoms with E-state index in [0.29, 0.717) is 6.42 Å².